The highest BCUT2D eigenvalue weighted by Crippen LogP contribution is 2.21. The van der Waals surface area contributed by atoms with Gasteiger partial charge in [-0.05, 0) is 42.3 Å². The van der Waals surface area contributed by atoms with Crippen LogP contribution in [0.15, 0.2) is 88.5 Å². The summed E-state index contributed by atoms with van der Waals surface area (Å²) in [5.74, 6) is -0.337. The van der Waals surface area contributed by atoms with E-state index < -0.39 is 5.69 Å². The average Bonchev–Trinajstić information content (AvgIpc) is 2.78. The number of carbonyl (C=O) groups excluding carboxylic acids is 1. The molecule has 0 saturated heterocycles. The molecule has 0 saturated carbocycles. The van der Waals surface area contributed by atoms with E-state index in [1.165, 1.54) is 4.57 Å². The Bertz CT molecular complexity index is 1320. The minimum absolute atomic E-state index is 0.180. The second-order valence-corrected chi connectivity index (χ2v) is 6.93. The molecule has 0 bridgehead atoms. The minimum atomic E-state index is -0.490. The maximum Gasteiger partial charge on any atom is 0.331 e. The second kappa shape index (κ2) is 8.21. The van der Waals surface area contributed by atoms with Crippen LogP contribution in [0.5, 0.6) is 0 Å². The number of nitrogens with zero attached hydrogens (tertiary/aromatic N) is 2. The molecule has 4 rings (SSSR count). The summed E-state index contributed by atoms with van der Waals surface area (Å²) in [5, 5.41) is 3.24. The third-order valence-electron chi connectivity index (χ3n) is 5.03. The van der Waals surface area contributed by atoms with E-state index in [0.717, 1.165) is 15.7 Å². The molecule has 1 amide bonds. The van der Waals surface area contributed by atoms with Crippen LogP contribution in [0.2, 0.25) is 0 Å². The zero-order valence-corrected chi connectivity index (χ0v) is 16.5. The van der Waals surface area contributed by atoms with E-state index in [9.17, 15) is 14.4 Å². The van der Waals surface area contributed by atoms with Gasteiger partial charge in [0.1, 0.15) is 6.54 Å². The lowest BCUT2D eigenvalue weighted by Crippen LogP contribution is -2.41. The Morgan fingerprint density at radius 2 is 1.43 bits per heavy atom. The monoisotopic (exact) mass is 399 g/mol. The number of hydrogen-bond acceptors (Lipinski definition) is 3. The Balaban J connectivity index is 1.60. The first kappa shape index (κ1) is 19.4. The zero-order chi connectivity index (χ0) is 21.1. The molecular formula is C24H21N3O3. The molecule has 1 N–H and O–H groups in total. The molecule has 0 fully saturated rings. The first-order valence-electron chi connectivity index (χ1n) is 9.76. The van der Waals surface area contributed by atoms with Crippen molar-refractivity contribution in [3.05, 3.63) is 99.7 Å². The number of amides is 1. The summed E-state index contributed by atoms with van der Waals surface area (Å²) in [5.41, 5.74) is 2.40. The smallest absolute Gasteiger partial charge is 0.325 e. The Kier molecular flexibility index (Phi) is 5.30. The van der Waals surface area contributed by atoms with Crippen molar-refractivity contribution in [1.29, 1.82) is 0 Å². The molecule has 0 aliphatic heterocycles. The molecule has 1 aromatic heterocycles. The van der Waals surface area contributed by atoms with Gasteiger partial charge in [0, 0.05) is 12.2 Å². The van der Waals surface area contributed by atoms with Crippen LogP contribution in [-0.2, 0) is 17.9 Å². The van der Waals surface area contributed by atoms with Crippen LogP contribution in [0.25, 0.3) is 22.0 Å². The fourth-order valence-electron chi connectivity index (χ4n) is 3.52. The number of aromatic nitrogens is 2. The molecule has 30 heavy (non-hydrogen) atoms. The van der Waals surface area contributed by atoms with E-state index >= 15 is 0 Å². The van der Waals surface area contributed by atoms with Gasteiger partial charge in [0.2, 0.25) is 5.91 Å². The van der Waals surface area contributed by atoms with Gasteiger partial charge in [-0.1, -0.05) is 54.6 Å². The van der Waals surface area contributed by atoms with Gasteiger partial charge in [-0.15, -0.1) is 0 Å². The largest absolute Gasteiger partial charge is 0.331 e. The van der Waals surface area contributed by atoms with Crippen molar-refractivity contribution in [3.8, 4) is 11.1 Å². The van der Waals surface area contributed by atoms with Crippen molar-refractivity contribution < 1.29 is 4.79 Å². The van der Waals surface area contributed by atoms with Gasteiger partial charge >= 0.3 is 5.69 Å². The normalized spacial score (nSPS) is 10.8. The molecule has 6 nitrogen and oxygen atoms in total. The molecule has 0 spiro atoms. The van der Waals surface area contributed by atoms with Gasteiger partial charge in [0.05, 0.1) is 10.9 Å². The third kappa shape index (κ3) is 3.67. The quantitative estimate of drug-likeness (QED) is 0.558. The fourth-order valence-corrected chi connectivity index (χ4v) is 3.52. The number of para-hydroxylation sites is 1. The van der Waals surface area contributed by atoms with E-state index in [0.29, 0.717) is 16.6 Å². The van der Waals surface area contributed by atoms with E-state index in [2.05, 4.69) is 5.32 Å². The summed E-state index contributed by atoms with van der Waals surface area (Å²) in [6.45, 7) is 1.79. The van der Waals surface area contributed by atoms with Crippen LogP contribution in [0.3, 0.4) is 0 Å². The van der Waals surface area contributed by atoms with Gasteiger partial charge in [-0.3, -0.25) is 18.7 Å². The van der Waals surface area contributed by atoms with E-state index in [1.807, 2.05) is 54.6 Å². The number of carbonyl (C=O) groups is 1. The van der Waals surface area contributed by atoms with Crippen LogP contribution >= 0.6 is 0 Å². The Morgan fingerprint density at radius 3 is 2.13 bits per heavy atom. The van der Waals surface area contributed by atoms with Crippen molar-refractivity contribution in [1.82, 2.24) is 9.13 Å². The molecule has 0 aliphatic rings. The topological polar surface area (TPSA) is 73.1 Å². The SMILES string of the molecule is CCn1c(=O)c2ccccc2n(CC(=O)Nc2ccc(-c3ccccc3)cc2)c1=O. The zero-order valence-electron chi connectivity index (χ0n) is 16.5. The van der Waals surface area contributed by atoms with Gasteiger partial charge < -0.3 is 5.32 Å². The summed E-state index contributed by atoms with van der Waals surface area (Å²) in [4.78, 5) is 37.9. The van der Waals surface area contributed by atoms with Crippen molar-refractivity contribution in [2.45, 2.75) is 20.0 Å². The highest BCUT2D eigenvalue weighted by atomic mass is 16.2. The molecule has 3 aromatic carbocycles. The lowest BCUT2D eigenvalue weighted by Gasteiger charge is -2.13. The standard InChI is InChI=1S/C24H21N3O3/c1-2-26-23(29)20-10-6-7-11-21(20)27(24(26)30)16-22(28)25-19-14-12-18(13-15-19)17-8-4-3-5-9-17/h3-15H,2,16H2,1H3,(H,25,28). The lowest BCUT2D eigenvalue weighted by atomic mass is 10.1. The molecule has 4 aromatic rings. The van der Waals surface area contributed by atoms with Crippen molar-refractivity contribution in [3.63, 3.8) is 0 Å². The first-order chi connectivity index (χ1) is 14.6. The molecule has 1 heterocycles. The summed E-state index contributed by atoms with van der Waals surface area (Å²) >= 11 is 0. The average molecular weight is 399 g/mol. The lowest BCUT2D eigenvalue weighted by molar-refractivity contribution is -0.116. The van der Waals surface area contributed by atoms with E-state index in [1.54, 1.807) is 31.2 Å². The molecule has 0 radical (unpaired) electrons. The third-order valence-corrected chi connectivity index (χ3v) is 5.03. The fraction of sp³-hybridized carbons (Fsp3) is 0.125. The Hall–Kier alpha value is -3.93. The highest BCUT2D eigenvalue weighted by Gasteiger charge is 2.14. The van der Waals surface area contributed by atoms with Crippen molar-refractivity contribution in [2.24, 2.45) is 0 Å². The van der Waals surface area contributed by atoms with Crippen LogP contribution in [0.1, 0.15) is 6.92 Å². The van der Waals surface area contributed by atoms with Gasteiger partial charge in [0.15, 0.2) is 0 Å². The van der Waals surface area contributed by atoms with Crippen LogP contribution in [0, 0.1) is 0 Å². The number of fused-ring (bicyclic) bond motifs is 1. The Morgan fingerprint density at radius 1 is 0.800 bits per heavy atom. The van der Waals surface area contributed by atoms with Gasteiger partial charge in [-0.25, -0.2) is 4.79 Å². The number of nitrogens with one attached hydrogen (secondary N) is 1. The maximum absolute atomic E-state index is 12.8. The van der Waals surface area contributed by atoms with Crippen LogP contribution in [0.4, 0.5) is 5.69 Å². The number of benzene rings is 3. The van der Waals surface area contributed by atoms with Gasteiger partial charge in [0.25, 0.3) is 5.56 Å². The highest BCUT2D eigenvalue weighted by molar-refractivity contribution is 5.92. The summed E-state index contributed by atoms with van der Waals surface area (Å²) < 4.78 is 2.48. The van der Waals surface area contributed by atoms with Gasteiger partial charge in [-0.2, -0.15) is 0 Å². The maximum atomic E-state index is 12.8. The summed E-state index contributed by atoms with van der Waals surface area (Å²) in [6, 6.07) is 24.3. The summed E-state index contributed by atoms with van der Waals surface area (Å²) in [7, 11) is 0. The van der Waals surface area contributed by atoms with Crippen LogP contribution in [-0.4, -0.2) is 15.0 Å². The number of rotatable bonds is 5. The molecule has 150 valence electrons. The molecular weight excluding hydrogens is 378 g/mol. The first-order valence-corrected chi connectivity index (χ1v) is 9.76. The second-order valence-electron chi connectivity index (χ2n) is 6.93. The van der Waals surface area contributed by atoms with E-state index in [-0.39, 0.29) is 24.6 Å². The van der Waals surface area contributed by atoms with Crippen LogP contribution < -0.4 is 16.6 Å². The Labute approximate surface area is 173 Å². The molecule has 0 unspecified atom stereocenters. The molecule has 0 atom stereocenters. The molecule has 0 aliphatic carbocycles. The number of anilines is 1. The predicted molar refractivity (Wildman–Crippen MR) is 119 cm³/mol. The predicted octanol–water partition coefficient (Wildman–Crippen LogP) is 3.49. The van der Waals surface area contributed by atoms with Crippen molar-refractivity contribution in [2.75, 3.05) is 5.32 Å². The minimum Gasteiger partial charge on any atom is -0.325 e. The number of hydrogen-bond donors (Lipinski definition) is 1. The van der Waals surface area contributed by atoms with E-state index in [4.69, 9.17) is 0 Å². The van der Waals surface area contributed by atoms with Crippen molar-refractivity contribution >= 4 is 22.5 Å². The summed E-state index contributed by atoms with van der Waals surface area (Å²) in [6.07, 6.45) is 0. The molecule has 6 heteroatoms.